The number of hydrogen-bond acceptors (Lipinski definition) is 2. The topological polar surface area (TPSA) is 41.6 Å². The molecule has 0 aliphatic heterocycles. The highest BCUT2D eigenvalue weighted by atomic mass is 14.9. The molecule has 0 atom stereocenters. The molecule has 0 radical (unpaired) electrons. The lowest BCUT2D eigenvalue weighted by Crippen LogP contribution is -1.88. The summed E-state index contributed by atoms with van der Waals surface area (Å²) in [6.45, 7) is 2.10. The summed E-state index contributed by atoms with van der Waals surface area (Å²) >= 11 is 0. The van der Waals surface area contributed by atoms with Crippen LogP contribution in [0.25, 0.3) is 33.3 Å². The number of benzene rings is 2. The smallest absolute Gasteiger partial charge is 0.140 e. The van der Waals surface area contributed by atoms with Gasteiger partial charge in [-0.2, -0.15) is 0 Å². The first-order valence-corrected chi connectivity index (χ1v) is 6.62. The van der Waals surface area contributed by atoms with Gasteiger partial charge in [0, 0.05) is 17.1 Å². The predicted molar refractivity (Wildman–Crippen MR) is 81.6 cm³/mol. The van der Waals surface area contributed by atoms with Crippen LogP contribution in [0.15, 0.2) is 54.7 Å². The SMILES string of the molecule is Cc1ccnc2c(-c3nc4ccccc4[nH]3)cccc12. The van der Waals surface area contributed by atoms with Gasteiger partial charge in [-0.25, -0.2) is 4.98 Å². The molecule has 0 spiro atoms. The van der Waals surface area contributed by atoms with Crippen molar-refractivity contribution in [2.24, 2.45) is 0 Å². The third kappa shape index (κ3) is 1.60. The van der Waals surface area contributed by atoms with E-state index >= 15 is 0 Å². The average Bonchev–Trinajstić information content (AvgIpc) is 2.91. The zero-order chi connectivity index (χ0) is 13.5. The Balaban J connectivity index is 2.04. The first-order valence-electron chi connectivity index (χ1n) is 6.62. The van der Waals surface area contributed by atoms with E-state index in [1.54, 1.807) is 0 Å². The minimum atomic E-state index is 0.870. The number of aromatic nitrogens is 3. The number of aryl methyl sites for hydroxylation is 1. The standard InChI is InChI=1S/C17H13N3/c1-11-9-10-18-16-12(11)5-4-6-13(16)17-19-14-7-2-3-8-15(14)20-17/h2-10H,1H3,(H,19,20). The maximum absolute atomic E-state index is 4.67. The van der Waals surface area contributed by atoms with E-state index in [9.17, 15) is 0 Å². The van der Waals surface area contributed by atoms with Gasteiger partial charge in [0.1, 0.15) is 5.82 Å². The second-order valence-electron chi connectivity index (χ2n) is 4.93. The van der Waals surface area contributed by atoms with E-state index < -0.39 is 0 Å². The van der Waals surface area contributed by atoms with Crippen LogP contribution in [-0.4, -0.2) is 15.0 Å². The third-order valence-electron chi connectivity index (χ3n) is 3.63. The maximum atomic E-state index is 4.67. The number of nitrogens with zero attached hydrogens (tertiary/aromatic N) is 2. The second kappa shape index (κ2) is 4.17. The molecule has 3 nitrogen and oxygen atoms in total. The van der Waals surface area contributed by atoms with E-state index in [1.165, 1.54) is 10.9 Å². The Morgan fingerprint density at radius 1 is 0.950 bits per heavy atom. The highest BCUT2D eigenvalue weighted by Gasteiger charge is 2.10. The zero-order valence-corrected chi connectivity index (χ0v) is 11.1. The molecule has 2 heterocycles. The summed E-state index contributed by atoms with van der Waals surface area (Å²) in [5.74, 6) is 0.870. The van der Waals surface area contributed by atoms with E-state index in [0.717, 1.165) is 27.9 Å². The van der Waals surface area contributed by atoms with Crippen molar-refractivity contribution >= 4 is 21.9 Å². The predicted octanol–water partition coefficient (Wildman–Crippen LogP) is 4.09. The summed E-state index contributed by atoms with van der Waals surface area (Å²) in [4.78, 5) is 12.6. The molecule has 3 heteroatoms. The number of pyridine rings is 1. The summed E-state index contributed by atoms with van der Waals surface area (Å²) in [7, 11) is 0. The van der Waals surface area contributed by atoms with E-state index in [0.29, 0.717) is 0 Å². The molecule has 0 bridgehead atoms. The van der Waals surface area contributed by atoms with Gasteiger partial charge in [-0.3, -0.25) is 4.98 Å². The molecule has 96 valence electrons. The molecule has 4 rings (SSSR count). The fourth-order valence-corrected chi connectivity index (χ4v) is 2.59. The molecule has 0 amide bonds. The van der Waals surface area contributed by atoms with Crippen LogP contribution >= 0.6 is 0 Å². The fourth-order valence-electron chi connectivity index (χ4n) is 2.59. The number of para-hydroxylation sites is 3. The fraction of sp³-hybridized carbons (Fsp3) is 0.0588. The Bertz CT molecular complexity index is 889. The molecular formula is C17H13N3. The average molecular weight is 259 g/mol. The third-order valence-corrected chi connectivity index (χ3v) is 3.63. The maximum Gasteiger partial charge on any atom is 0.140 e. The Hall–Kier alpha value is -2.68. The van der Waals surface area contributed by atoms with Crippen molar-refractivity contribution in [3.63, 3.8) is 0 Å². The molecular weight excluding hydrogens is 246 g/mol. The van der Waals surface area contributed by atoms with Crippen LogP contribution in [0.3, 0.4) is 0 Å². The molecule has 0 aliphatic rings. The van der Waals surface area contributed by atoms with Crippen molar-refractivity contribution in [2.75, 3.05) is 0 Å². The molecule has 0 saturated heterocycles. The number of fused-ring (bicyclic) bond motifs is 2. The van der Waals surface area contributed by atoms with Gasteiger partial charge >= 0.3 is 0 Å². The van der Waals surface area contributed by atoms with Gasteiger partial charge in [-0.1, -0.05) is 24.3 Å². The molecule has 2 aromatic carbocycles. The molecule has 2 aromatic heterocycles. The number of imidazole rings is 1. The van der Waals surface area contributed by atoms with Gasteiger partial charge in [0.05, 0.1) is 16.6 Å². The van der Waals surface area contributed by atoms with E-state index in [2.05, 4.69) is 40.1 Å². The van der Waals surface area contributed by atoms with Crippen LogP contribution in [-0.2, 0) is 0 Å². The van der Waals surface area contributed by atoms with Gasteiger partial charge < -0.3 is 4.98 Å². The number of aromatic amines is 1. The van der Waals surface area contributed by atoms with Crippen LogP contribution in [0.5, 0.6) is 0 Å². The Kier molecular flexibility index (Phi) is 2.33. The van der Waals surface area contributed by atoms with E-state index in [-0.39, 0.29) is 0 Å². The van der Waals surface area contributed by atoms with Crippen LogP contribution in [0.1, 0.15) is 5.56 Å². The van der Waals surface area contributed by atoms with Gasteiger partial charge in [-0.15, -0.1) is 0 Å². The quantitative estimate of drug-likeness (QED) is 0.559. The van der Waals surface area contributed by atoms with Gasteiger partial charge in [0.25, 0.3) is 0 Å². The van der Waals surface area contributed by atoms with Crippen LogP contribution in [0.4, 0.5) is 0 Å². The zero-order valence-electron chi connectivity index (χ0n) is 11.1. The Morgan fingerprint density at radius 2 is 1.85 bits per heavy atom. The van der Waals surface area contributed by atoms with Crippen molar-refractivity contribution in [1.82, 2.24) is 15.0 Å². The van der Waals surface area contributed by atoms with Gasteiger partial charge in [0.15, 0.2) is 0 Å². The summed E-state index contributed by atoms with van der Waals surface area (Å²) < 4.78 is 0. The number of hydrogen-bond donors (Lipinski definition) is 1. The lowest BCUT2D eigenvalue weighted by atomic mass is 10.1. The number of nitrogens with one attached hydrogen (secondary N) is 1. The van der Waals surface area contributed by atoms with Crippen molar-refractivity contribution < 1.29 is 0 Å². The molecule has 0 aliphatic carbocycles. The van der Waals surface area contributed by atoms with Crippen LogP contribution in [0, 0.1) is 6.92 Å². The first kappa shape index (κ1) is 11.2. The van der Waals surface area contributed by atoms with Crippen molar-refractivity contribution in [3.8, 4) is 11.4 Å². The van der Waals surface area contributed by atoms with Gasteiger partial charge in [0.2, 0.25) is 0 Å². The highest BCUT2D eigenvalue weighted by molar-refractivity contribution is 5.95. The molecule has 20 heavy (non-hydrogen) atoms. The minimum absolute atomic E-state index is 0.870. The van der Waals surface area contributed by atoms with Gasteiger partial charge in [-0.05, 0) is 36.8 Å². The van der Waals surface area contributed by atoms with Crippen LogP contribution < -0.4 is 0 Å². The van der Waals surface area contributed by atoms with E-state index in [4.69, 9.17) is 0 Å². The first-order chi connectivity index (χ1) is 9.83. The summed E-state index contributed by atoms with van der Waals surface area (Å²) in [6.07, 6.45) is 1.85. The molecule has 0 unspecified atom stereocenters. The highest BCUT2D eigenvalue weighted by Crippen LogP contribution is 2.28. The molecule has 4 aromatic rings. The summed E-state index contributed by atoms with van der Waals surface area (Å²) in [6, 6.07) is 16.3. The molecule has 1 N–H and O–H groups in total. The Morgan fingerprint density at radius 3 is 2.75 bits per heavy atom. The Labute approximate surface area is 116 Å². The lowest BCUT2D eigenvalue weighted by molar-refractivity contribution is 1.31. The van der Waals surface area contributed by atoms with Crippen molar-refractivity contribution in [2.45, 2.75) is 6.92 Å². The number of H-pyrrole nitrogens is 1. The van der Waals surface area contributed by atoms with Crippen LogP contribution in [0.2, 0.25) is 0 Å². The minimum Gasteiger partial charge on any atom is -0.338 e. The van der Waals surface area contributed by atoms with E-state index in [1.807, 2.05) is 36.5 Å². The second-order valence-corrected chi connectivity index (χ2v) is 4.93. The summed E-state index contributed by atoms with van der Waals surface area (Å²) in [5, 5.41) is 1.17. The normalized spacial score (nSPS) is 11.2. The summed E-state index contributed by atoms with van der Waals surface area (Å²) in [5.41, 5.74) is 5.29. The molecule has 0 fully saturated rings. The van der Waals surface area contributed by atoms with Crippen molar-refractivity contribution in [3.05, 3.63) is 60.3 Å². The number of rotatable bonds is 1. The van der Waals surface area contributed by atoms with Crippen molar-refractivity contribution in [1.29, 1.82) is 0 Å². The largest absolute Gasteiger partial charge is 0.338 e. The lowest BCUT2D eigenvalue weighted by Gasteiger charge is -2.05. The molecule has 0 saturated carbocycles. The monoisotopic (exact) mass is 259 g/mol.